The predicted molar refractivity (Wildman–Crippen MR) is 67.8 cm³/mol. The van der Waals surface area contributed by atoms with E-state index in [-0.39, 0.29) is 18.1 Å². The number of amides is 1. The molecule has 17 heavy (non-hydrogen) atoms. The predicted octanol–water partition coefficient (Wildman–Crippen LogP) is 2.08. The molecule has 1 fully saturated rings. The summed E-state index contributed by atoms with van der Waals surface area (Å²) in [6.07, 6.45) is 1.53. The molecule has 0 aromatic heterocycles. The standard InChI is InChI=1S/C13H18N2O2/c1-8-3-5-11(10(14)7-8)15-13(16)12-6-4-9(2)17-12/h3,5,7,9,12H,4,6,14H2,1-2H3,(H,15,16). The molecular weight excluding hydrogens is 216 g/mol. The molecule has 0 saturated carbocycles. The highest BCUT2D eigenvalue weighted by atomic mass is 16.5. The smallest absolute Gasteiger partial charge is 0.253 e. The first-order chi connectivity index (χ1) is 8.06. The fourth-order valence-corrected chi connectivity index (χ4v) is 2.00. The fourth-order valence-electron chi connectivity index (χ4n) is 2.00. The van der Waals surface area contributed by atoms with E-state index < -0.39 is 0 Å². The highest BCUT2D eigenvalue weighted by Crippen LogP contribution is 2.23. The van der Waals surface area contributed by atoms with Crippen LogP contribution in [0.25, 0.3) is 0 Å². The number of ether oxygens (including phenoxy) is 1. The van der Waals surface area contributed by atoms with Crippen molar-refractivity contribution in [2.24, 2.45) is 0 Å². The number of rotatable bonds is 2. The topological polar surface area (TPSA) is 64.3 Å². The first-order valence-electron chi connectivity index (χ1n) is 5.88. The molecule has 0 radical (unpaired) electrons. The lowest BCUT2D eigenvalue weighted by Gasteiger charge is -2.13. The number of hydrogen-bond donors (Lipinski definition) is 2. The van der Waals surface area contributed by atoms with Gasteiger partial charge in [0.2, 0.25) is 0 Å². The second-order valence-electron chi connectivity index (χ2n) is 4.59. The largest absolute Gasteiger partial charge is 0.397 e. The Balaban J connectivity index is 2.03. The molecule has 0 bridgehead atoms. The van der Waals surface area contributed by atoms with Gasteiger partial charge in [-0.3, -0.25) is 4.79 Å². The van der Waals surface area contributed by atoms with Gasteiger partial charge in [-0.25, -0.2) is 0 Å². The second-order valence-corrected chi connectivity index (χ2v) is 4.59. The summed E-state index contributed by atoms with van der Waals surface area (Å²) >= 11 is 0. The maximum Gasteiger partial charge on any atom is 0.253 e. The summed E-state index contributed by atoms with van der Waals surface area (Å²) in [6.45, 7) is 3.94. The number of anilines is 2. The lowest BCUT2D eigenvalue weighted by atomic mass is 10.1. The Morgan fingerprint density at radius 3 is 2.82 bits per heavy atom. The number of carbonyl (C=O) groups is 1. The number of aryl methyl sites for hydroxylation is 1. The third-order valence-corrected chi connectivity index (χ3v) is 2.99. The first-order valence-corrected chi connectivity index (χ1v) is 5.88. The van der Waals surface area contributed by atoms with Crippen LogP contribution < -0.4 is 11.1 Å². The van der Waals surface area contributed by atoms with Crippen LogP contribution in [-0.4, -0.2) is 18.1 Å². The van der Waals surface area contributed by atoms with E-state index in [1.54, 1.807) is 0 Å². The Bertz CT molecular complexity index is 431. The first kappa shape index (κ1) is 11.9. The number of nitrogens with two attached hydrogens (primary N) is 1. The van der Waals surface area contributed by atoms with Gasteiger partial charge in [0.1, 0.15) is 6.10 Å². The highest BCUT2D eigenvalue weighted by molar-refractivity contribution is 5.96. The van der Waals surface area contributed by atoms with Crippen molar-refractivity contribution in [2.75, 3.05) is 11.1 Å². The zero-order chi connectivity index (χ0) is 12.4. The minimum absolute atomic E-state index is 0.107. The quantitative estimate of drug-likeness (QED) is 0.770. The number of nitrogens with one attached hydrogen (secondary N) is 1. The maximum absolute atomic E-state index is 11.9. The second kappa shape index (κ2) is 4.75. The molecule has 1 aliphatic heterocycles. The molecule has 92 valence electrons. The van der Waals surface area contributed by atoms with Crippen LogP contribution >= 0.6 is 0 Å². The Morgan fingerprint density at radius 2 is 2.24 bits per heavy atom. The molecule has 2 rings (SSSR count). The van der Waals surface area contributed by atoms with Crippen LogP contribution in [0.3, 0.4) is 0 Å². The van der Waals surface area contributed by atoms with Crippen LogP contribution in [0.15, 0.2) is 18.2 Å². The number of hydrogen-bond acceptors (Lipinski definition) is 3. The van der Waals surface area contributed by atoms with Crippen molar-refractivity contribution in [2.45, 2.75) is 38.9 Å². The van der Waals surface area contributed by atoms with E-state index in [1.807, 2.05) is 32.0 Å². The molecule has 1 heterocycles. The maximum atomic E-state index is 11.9. The normalized spacial score (nSPS) is 23.6. The van der Waals surface area contributed by atoms with E-state index in [4.69, 9.17) is 10.5 Å². The lowest BCUT2D eigenvalue weighted by molar-refractivity contribution is -0.126. The van der Waals surface area contributed by atoms with E-state index in [0.717, 1.165) is 18.4 Å². The summed E-state index contributed by atoms with van der Waals surface area (Å²) in [4.78, 5) is 11.9. The van der Waals surface area contributed by atoms with Gasteiger partial charge in [0.25, 0.3) is 5.91 Å². The SMILES string of the molecule is Cc1ccc(NC(=O)C2CCC(C)O2)c(N)c1. The van der Waals surface area contributed by atoms with Crippen molar-refractivity contribution in [3.05, 3.63) is 23.8 Å². The van der Waals surface area contributed by atoms with Gasteiger partial charge in [-0.05, 0) is 44.4 Å². The van der Waals surface area contributed by atoms with Gasteiger partial charge < -0.3 is 15.8 Å². The van der Waals surface area contributed by atoms with Crippen molar-refractivity contribution >= 4 is 17.3 Å². The highest BCUT2D eigenvalue weighted by Gasteiger charge is 2.28. The Kier molecular flexibility index (Phi) is 3.33. The summed E-state index contributed by atoms with van der Waals surface area (Å²) < 4.78 is 5.51. The zero-order valence-electron chi connectivity index (χ0n) is 10.2. The van der Waals surface area contributed by atoms with E-state index in [2.05, 4.69) is 5.32 Å². The summed E-state index contributed by atoms with van der Waals surface area (Å²) in [5, 5.41) is 2.81. The molecule has 3 N–H and O–H groups in total. The Morgan fingerprint density at radius 1 is 1.47 bits per heavy atom. The summed E-state index contributed by atoms with van der Waals surface area (Å²) in [6, 6.07) is 5.58. The van der Waals surface area contributed by atoms with Crippen LogP contribution in [0.5, 0.6) is 0 Å². The van der Waals surface area contributed by atoms with Crippen LogP contribution in [0.4, 0.5) is 11.4 Å². The third kappa shape index (κ3) is 2.77. The van der Waals surface area contributed by atoms with Crippen LogP contribution in [0, 0.1) is 6.92 Å². The molecule has 1 aromatic carbocycles. The molecule has 0 spiro atoms. The third-order valence-electron chi connectivity index (χ3n) is 2.99. The van der Waals surface area contributed by atoms with Gasteiger partial charge in [-0.1, -0.05) is 6.07 Å². The van der Waals surface area contributed by atoms with E-state index in [9.17, 15) is 4.79 Å². The summed E-state index contributed by atoms with van der Waals surface area (Å²) in [5.74, 6) is -0.107. The molecule has 1 aromatic rings. The van der Waals surface area contributed by atoms with Crippen molar-refractivity contribution in [3.63, 3.8) is 0 Å². The van der Waals surface area contributed by atoms with Crippen molar-refractivity contribution in [1.29, 1.82) is 0 Å². The monoisotopic (exact) mass is 234 g/mol. The molecule has 4 nitrogen and oxygen atoms in total. The average molecular weight is 234 g/mol. The van der Waals surface area contributed by atoms with Gasteiger partial charge in [-0.15, -0.1) is 0 Å². The van der Waals surface area contributed by atoms with Gasteiger partial charge in [0.05, 0.1) is 17.5 Å². The van der Waals surface area contributed by atoms with E-state index in [0.29, 0.717) is 11.4 Å². The minimum atomic E-state index is -0.342. The minimum Gasteiger partial charge on any atom is -0.397 e. The van der Waals surface area contributed by atoms with E-state index >= 15 is 0 Å². The van der Waals surface area contributed by atoms with Crippen LogP contribution in [0.1, 0.15) is 25.3 Å². The number of benzene rings is 1. The lowest BCUT2D eigenvalue weighted by Crippen LogP contribution is -2.28. The molecule has 1 saturated heterocycles. The van der Waals surface area contributed by atoms with Gasteiger partial charge >= 0.3 is 0 Å². The average Bonchev–Trinajstić information content (AvgIpc) is 2.69. The van der Waals surface area contributed by atoms with E-state index in [1.165, 1.54) is 0 Å². The van der Waals surface area contributed by atoms with Gasteiger partial charge in [0, 0.05) is 0 Å². The molecule has 1 amide bonds. The van der Waals surface area contributed by atoms with Crippen molar-refractivity contribution in [3.8, 4) is 0 Å². The molecule has 4 heteroatoms. The van der Waals surface area contributed by atoms with Crippen LogP contribution in [-0.2, 0) is 9.53 Å². The zero-order valence-corrected chi connectivity index (χ0v) is 10.2. The van der Waals surface area contributed by atoms with Crippen molar-refractivity contribution in [1.82, 2.24) is 0 Å². The Hall–Kier alpha value is -1.55. The van der Waals surface area contributed by atoms with Gasteiger partial charge in [0.15, 0.2) is 0 Å². The molecule has 1 aliphatic rings. The number of nitrogen functional groups attached to an aromatic ring is 1. The molecule has 0 aliphatic carbocycles. The van der Waals surface area contributed by atoms with Gasteiger partial charge in [-0.2, -0.15) is 0 Å². The van der Waals surface area contributed by atoms with Crippen molar-refractivity contribution < 1.29 is 9.53 Å². The summed E-state index contributed by atoms with van der Waals surface area (Å²) in [5.41, 5.74) is 8.16. The van der Waals surface area contributed by atoms with Crippen LogP contribution in [0.2, 0.25) is 0 Å². The molecule has 2 atom stereocenters. The Labute approximate surface area is 101 Å². The number of carbonyl (C=O) groups excluding carboxylic acids is 1. The molecular formula is C13H18N2O2. The fraction of sp³-hybridized carbons (Fsp3) is 0.462. The summed E-state index contributed by atoms with van der Waals surface area (Å²) in [7, 11) is 0. The molecule has 2 unspecified atom stereocenters.